The topological polar surface area (TPSA) is 63.4 Å². The van der Waals surface area contributed by atoms with Crippen molar-refractivity contribution >= 4 is 23.4 Å². The monoisotopic (exact) mass is 280 g/mol. The fourth-order valence-corrected chi connectivity index (χ4v) is 2.67. The minimum atomic E-state index is -0.401. The fourth-order valence-electron chi connectivity index (χ4n) is 2.54. The van der Waals surface area contributed by atoms with Gasteiger partial charge in [-0.2, -0.15) is 0 Å². The van der Waals surface area contributed by atoms with E-state index in [4.69, 9.17) is 17.3 Å². The zero-order valence-corrected chi connectivity index (χ0v) is 11.6. The second-order valence-corrected chi connectivity index (χ2v) is 5.26. The number of carbonyl (C=O) groups excluding carboxylic acids is 2. The van der Waals surface area contributed by atoms with E-state index in [9.17, 15) is 9.59 Å². The van der Waals surface area contributed by atoms with Crippen LogP contribution in [-0.2, 0) is 9.59 Å². The van der Waals surface area contributed by atoms with E-state index >= 15 is 0 Å². The molecule has 1 aliphatic rings. The molecule has 0 bridgehead atoms. The van der Waals surface area contributed by atoms with E-state index in [0.29, 0.717) is 11.6 Å². The predicted octanol–water partition coefficient (Wildman–Crippen LogP) is 2.12. The van der Waals surface area contributed by atoms with Gasteiger partial charge in [-0.05, 0) is 24.1 Å². The molecule has 0 saturated carbocycles. The van der Waals surface area contributed by atoms with Gasteiger partial charge < -0.3 is 10.6 Å². The smallest absolute Gasteiger partial charge is 0.223 e. The first-order valence-corrected chi connectivity index (χ1v) is 6.75. The van der Waals surface area contributed by atoms with E-state index in [1.165, 1.54) is 0 Å². The summed E-state index contributed by atoms with van der Waals surface area (Å²) < 4.78 is 0. The number of amides is 2. The van der Waals surface area contributed by atoms with Crippen LogP contribution >= 0.6 is 11.6 Å². The first-order chi connectivity index (χ1) is 9.02. The molecule has 2 unspecified atom stereocenters. The van der Waals surface area contributed by atoms with E-state index in [0.717, 1.165) is 12.0 Å². The standard InChI is InChI=1S/C14H17ClN2O2/c1-2-12(9-3-5-11(15)6-4-9)17-8-10(14(16)19)7-13(17)18/h3-6,10,12H,2,7-8H2,1H3,(H2,16,19). The molecule has 1 aromatic rings. The Bertz CT molecular complexity index is 487. The van der Waals surface area contributed by atoms with Crippen LogP contribution in [0.2, 0.25) is 5.02 Å². The fraction of sp³-hybridized carbons (Fsp3) is 0.429. The van der Waals surface area contributed by atoms with E-state index in [2.05, 4.69) is 0 Å². The Morgan fingerprint density at radius 1 is 1.47 bits per heavy atom. The Morgan fingerprint density at radius 3 is 2.58 bits per heavy atom. The molecular formula is C14H17ClN2O2. The number of primary amides is 1. The van der Waals surface area contributed by atoms with Gasteiger partial charge in [-0.25, -0.2) is 0 Å². The van der Waals surface area contributed by atoms with Gasteiger partial charge in [0.05, 0.1) is 12.0 Å². The Balaban J connectivity index is 2.20. The number of carbonyl (C=O) groups is 2. The van der Waals surface area contributed by atoms with Crippen molar-refractivity contribution in [2.45, 2.75) is 25.8 Å². The maximum absolute atomic E-state index is 12.0. The number of halogens is 1. The number of nitrogens with zero attached hydrogens (tertiary/aromatic N) is 1. The summed E-state index contributed by atoms with van der Waals surface area (Å²) >= 11 is 5.87. The minimum absolute atomic E-state index is 0.00870. The third-order valence-corrected chi connectivity index (χ3v) is 3.83. The number of rotatable bonds is 4. The molecule has 2 rings (SSSR count). The molecule has 0 aliphatic carbocycles. The maximum atomic E-state index is 12.0. The van der Waals surface area contributed by atoms with E-state index in [1.54, 1.807) is 4.90 Å². The summed E-state index contributed by atoms with van der Waals surface area (Å²) in [6, 6.07) is 7.44. The normalized spacial score (nSPS) is 20.6. The van der Waals surface area contributed by atoms with Crippen LogP contribution < -0.4 is 5.73 Å². The van der Waals surface area contributed by atoms with Crippen molar-refractivity contribution in [3.63, 3.8) is 0 Å². The van der Waals surface area contributed by atoms with Gasteiger partial charge in [0.1, 0.15) is 0 Å². The molecule has 1 fully saturated rings. The van der Waals surface area contributed by atoms with Crippen molar-refractivity contribution in [2.75, 3.05) is 6.54 Å². The van der Waals surface area contributed by atoms with Crippen LogP contribution in [0.5, 0.6) is 0 Å². The SMILES string of the molecule is CCC(c1ccc(Cl)cc1)N1CC(C(N)=O)CC1=O. The van der Waals surface area contributed by atoms with Crippen LogP contribution in [-0.4, -0.2) is 23.3 Å². The molecule has 0 radical (unpaired) electrons. The molecule has 2 N–H and O–H groups in total. The van der Waals surface area contributed by atoms with Crippen LogP contribution in [0.1, 0.15) is 31.4 Å². The minimum Gasteiger partial charge on any atom is -0.369 e. The van der Waals surface area contributed by atoms with Crippen LogP contribution in [0.15, 0.2) is 24.3 Å². The van der Waals surface area contributed by atoms with E-state index in [-0.39, 0.29) is 24.3 Å². The van der Waals surface area contributed by atoms with Crippen LogP contribution in [0.4, 0.5) is 0 Å². The molecule has 1 aromatic carbocycles. The lowest BCUT2D eigenvalue weighted by molar-refractivity contribution is -0.130. The summed E-state index contributed by atoms with van der Waals surface area (Å²) in [7, 11) is 0. The molecule has 1 saturated heterocycles. The number of likely N-dealkylation sites (tertiary alicyclic amines) is 1. The molecule has 0 aromatic heterocycles. The maximum Gasteiger partial charge on any atom is 0.223 e. The summed E-state index contributed by atoms with van der Waals surface area (Å²) in [4.78, 5) is 25.0. The molecule has 4 nitrogen and oxygen atoms in total. The molecule has 1 aliphatic heterocycles. The van der Waals surface area contributed by atoms with Crippen LogP contribution in [0.25, 0.3) is 0 Å². The first-order valence-electron chi connectivity index (χ1n) is 6.37. The summed E-state index contributed by atoms with van der Waals surface area (Å²) in [5, 5.41) is 0.668. The van der Waals surface area contributed by atoms with Crippen molar-refractivity contribution in [3.8, 4) is 0 Å². The second kappa shape index (κ2) is 5.61. The molecule has 2 amide bonds. The van der Waals surface area contributed by atoms with Crippen LogP contribution in [0.3, 0.4) is 0 Å². The lowest BCUT2D eigenvalue weighted by Gasteiger charge is -2.27. The Morgan fingerprint density at radius 2 is 2.11 bits per heavy atom. The summed E-state index contributed by atoms with van der Waals surface area (Å²) in [5.41, 5.74) is 6.32. The number of nitrogens with two attached hydrogens (primary N) is 1. The average Bonchev–Trinajstić information content (AvgIpc) is 2.75. The van der Waals surface area contributed by atoms with Crippen molar-refractivity contribution in [2.24, 2.45) is 11.7 Å². The third-order valence-electron chi connectivity index (χ3n) is 3.58. The quantitative estimate of drug-likeness (QED) is 0.918. The summed E-state index contributed by atoms with van der Waals surface area (Å²) in [5.74, 6) is -0.777. The number of hydrogen-bond donors (Lipinski definition) is 1. The number of benzene rings is 1. The lowest BCUT2D eigenvalue weighted by atomic mass is 10.0. The van der Waals surface area contributed by atoms with Gasteiger partial charge in [-0.1, -0.05) is 30.7 Å². The van der Waals surface area contributed by atoms with E-state index < -0.39 is 5.91 Å². The van der Waals surface area contributed by atoms with Gasteiger partial charge >= 0.3 is 0 Å². The van der Waals surface area contributed by atoms with Crippen molar-refractivity contribution in [1.29, 1.82) is 0 Å². The largest absolute Gasteiger partial charge is 0.369 e. The molecule has 5 heteroatoms. The Kier molecular flexibility index (Phi) is 4.10. The summed E-state index contributed by atoms with van der Waals surface area (Å²) in [6.45, 7) is 2.43. The number of hydrogen-bond acceptors (Lipinski definition) is 2. The first kappa shape index (κ1) is 13.9. The highest BCUT2D eigenvalue weighted by Crippen LogP contribution is 2.31. The summed E-state index contributed by atoms with van der Waals surface area (Å²) in [6.07, 6.45) is 1.01. The third kappa shape index (κ3) is 2.89. The molecule has 2 atom stereocenters. The zero-order valence-electron chi connectivity index (χ0n) is 10.8. The van der Waals surface area contributed by atoms with Crippen molar-refractivity contribution in [3.05, 3.63) is 34.9 Å². The van der Waals surface area contributed by atoms with Crippen LogP contribution in [0, 0.1) is 5.92 Å². The van der Waals surface area contributed by atoms with E-state index in [1.807, 2.05) is 31.2 Å². The molecule has 1 heterocycles. The average molecular weight is 281 g/mol. The predicted molar refractivity (Wildman–Crippen MR) is 73.5 cm³/mol. The lowest BCUT2D eigenvalue weighted by Crippen LogP contribution is -2.31. The highest BCUT2D eigenvalue weighted by molar-refractivity contribution is 6.30. The van der Waals surface area contributed by atoms with Gasteiger partial charge in [0.2, 0.25) is 11.8 Å². The zero-order chi connectivity index (χ0) is 14.0. The van der Waals surface area contributed by atoms with Gasteiger partial charge in [-0.15, -0.1) is 0 Å². The second-order valence-electron chi connectivity index (χ2n) is 4.83. The van der Waals surface area contributed by atoms with Gasteiger partial charge in [0, 0.05) is 18.0 Å². The molecule has 102 valence electrons. The molecule has 0 spiro atoms. The highest BCUT2D eigenvalue weighted by atomic mass is 35.5. The molecular weight excluding hydrogens is 264 g/mol. The van der Waals surface area contributed by atoms with Gasteiger partial charge in [-0.3, -0.25) is 9.59 Å². The Labute approximate surface area is 117 Å². The van der Waals surface area contributed by atoms with Gasteiger partial charge in [0.25, 0.3) is 0 Å². The highest BCUT2D eigenvalue weighted by Gasteiger charge is 2.36. The van der Waals surface area contributed by atoms with Crippen molar-refractivity contribution in [1.82, 2.24) is 4.90 Å². The van der Waals surface area contributed by atoms with Crippen molar-refractivity contribution < 1.29 is 9.59 Å². The Hall–Kier alpha value is -1.55. The molecule has 19 heavy (non-hydrogen) atoms. The van der Waals surface area contributed by atoms with Gasteiger partial charge in [0.15, 0.2) is 0 Å².